The van der Waals surface area contributed by atoms with E-state index in [4.69, 9.17) is 11.6 Å². The number of hydrogen-bond donors (Lipinski definition) is 1. The number of Topliss-reactive ketones (excluding diaryl/α,β-unsaturated/α-hetero) is 1. The number of carbonyl (C=O) groups is 2. The van der Waals surface area contributed by atoms with Gasteiger partial charge in [-0.15, -0.1) is 0 Å². The molecule has 2 saturated carbocycles. The van der Waals surface area contributed by atoms with Crippen LogP contribution in [-0.4, -0.2) is 11.7 Å². The number of ketones is 1. The molecule has 1 aromatic carbocycles. The molecule has 0 unspecified atom stereocenters. The van der Waals surface area contributed by atoms with Crippen LogP contribution in [0, 0.1) is 24.7 Å². The van der Waals surface area contributed by atoms with E-state index in [2.05, 4.69) is 5.32 Å². The van der Waals surface area contributed by atoms with E-state index >= 15 is 0 Å². The van der Waals surface area contributed by atoms with Gasteiger partial charge in [-0.25, -0.2) is 0 Å². The maximum atomic E-state index is 12.5. The third-order valence-electron chi connectivity index (χ3n) is 4.80. The lowest BCUT2D eigenvalue weighted by Crippen LogP contribution is -2.40. The largest absolute Gasteiger partial charge is 0.325 e. The maximum absolute atomic E-state index is 12.5. The zero-order valence-electron chi connectivity index (χ0n) is 12.2. The Morgan fingerprint density at radius 3 is 2.52 bits per heavy atom. The zero-order valence-corrected chi connectivity index (χ0v) is 13.0. The summed E-state index contributed by atoms with van der Waals surface area (Å²) in [6.45, 7) is 1.96. The van der Waals surface area contributed by atoms with Gasteiger partial charge in [0.05, 0.1) is 10.7 Å². The first-order valence-electron chi connectivity index (χ1n) is 7.65. The number of benzene rings is 1. The number of anilines is 1. The Kier molecular flexibility index (Phi) is 4.03. The van der Waals surface area contributed by atoms with Crippen LogP contribution in [-0.2, 0) is 9.59 Å². The number of amides is 1. The topological polar surface area (TPSA) is 46.2 Å². The van der Waals surface area contributed by atoms with Crippen molar-refractivity contribution in [2.45, 2.75) is 39.0 Å². The summed E-state index contributed by atoms with van der Waals surface area (Å²) in [4.78, 5) is 24.5. The summed E-state index contributed by atoms with van der Waals surface area (Å²) in [6, 6.07) is 5.61. The van der Waals surface area contributed by atoms with Gasteiger partial charge in [0.25, 0.3) is 0 Å². The molecule has 0 aromatic heterocycles. The highest BCUT2D eigenvalue weighted by molar-refractivity contribution is 6.33. The average molecular weight is 306 g/mol. The molecule has 0 heterocycles. The van der Waals surface area contributed by atoms with E-state index in [0.717, 1.165) is 24.8 Å². The van der Waals surface area contributed by atoms with Gasteiger partial charge < -0.3 is 5.32 Å². The molecule has 0 saturated heterocycles. The van der Waals surface area contributed by atoms with Crippen LogP contribution in [0.1, 0.15) is 37.7 Å². The van der Waals surface area contributed by atoms with E-state index < -0.39 is 0 Å². The molecular weight excluding hydrogens is 286 g/mol. The Morgan fingerprint density at radius 2 is 1.90 bits per heavy atom. The van der Waals surface area contributed by atoms with Crippen molar-refractivity contribution in [1.29, 1.82) is 0 Å². The van der Waals surface area contributed by atoms with Gasteiger partial charge in [-0.2, -0.15) is 0 Å². The van der Waals surface area contributed by atoms with Crippen molar-refractivity contribution < 1.29 is 9.59 Å². The van der Waals surface area contributed by atoms with Crippen LogP contribution in [0.4, 0.5) is 5.69 Å². The maximum Gasteiger partial charge on any atom is 0.227 e. The predicted octanol–water partition coefficient (Wildman–Crippen LogP) is 3.98. The monoisotopic (exact) mass is 305 g/mol. The summed E-state index contributed by atoms with van der Waals surface area (Å²) in [7, 11) is 0. The summed E-state index contributed by atoms with van der Waals surface area (Å²) in [5.41, 5.74) is 1.73. The van der Waals surface area contributed by atoms with E-state index in [1.54, 1.807) is 0 Å². The highest BCUT2D eigenvalue weighted by atomic mass is 35.5. The molecule has 2 atom stereocenters. The number of nitrogens with one attached hydrogen (secondary N) is 1. The molecule has 2 aliphatic carbocycles. The van der Waals surface area contributed by atoms with Crippen molar-refractivity contribution >= 4 is 29.0 Å². The van der Waals surface area contributed by atoms with Crippen molar-refractivity contribution in [3.05, 3.63) is 28.8 Å². The number of carbonyl (C=O) groups excluding carboxylic acids is 2. The smallest absolute Gasteiger partial charge is 0.227 e. The van der Waals surface area contributed by atoms with E-state index in [-0.39, 0.29) is 23.7 Å². The predicted molar refractivity (Wildman–Crippen MR) is 83.4 cm³/mol. The molecule has 4 heteroatoms. The van der Waals surface area contributed by atoms with Crippen molar-refractivity contribution in [3.63, 3.8) is 0 Å². The first-order chi connectivity index (χ1) is 10.0. The van der Waals surface area contributed by atoms with Crippen LogP contribution in [0.2, 0.25) is 5.02 Å². The molecule has 0 aliphatic heterocycles. The van der Waals surface area contributed by atoms with Crippen LogP contribution in [0.25, 0.3) is 0 Å². The molecule has 2 aliphatic rings. The lowest BCUT2D eigenvalue weighted by Gasteiger charge is -2.37. The lowest BCUT2D eigenvalue weighted by atomic mass is 9.67. The fourth-order valence-corrected chi connectivity index (χ4v) is 3.93. The van der Waals surface area contributed by atoms with E-state index in [1.165, 1.54) is 0 Å². The number of hydrogen-bond acceptors (Lipinski definition) is 2. The van der Waals surface area contributed by atoms with Crippen LogP contribution < -0.4 is 5.32 Å². The van der Waals surface area contributed by atoms with Crippen LogP contribution in [0.5, 0.6) is 0 Å². The highest BCUT2D eigenvalue weighted by Crippen LogP contribution is 2.40. The molecule has 21 heavy (non-hydrogen) atoms. The molecule has 2 fully saturated rings. The second kappa shape index (κ2) is 5.80. The van der Waals surface area contributed by atoms with E-state index in [9.17, 15) is 9.59 Å². The summed E-state index contributed by atoms with van der Waals surface area (Å²) >= 11 is 6.16. The minimum Gasteiger partial charge on any atom is -0.325 e. The van der Waals surface area contributed by atoms with Gasteiger partial charge in [-0.1, -0.05) is 24.1 Å². The first kappa shape index (κ1) is 14.6. The molecule has 1 amide bonds. The van der Waals surface area contributed by atoms with Crippen LogP contribution >= 0.6 is 11.6 Å². The third-order valence-corrected chi connectivity index (χ3v) is 5.11. The van der Waals surface area contributed by atoms with Crippen LogP contribution in [0.15, 0.2) is 18.2 Å². The lowest BCUT2D eigenvalue weighted by molar-refractivity contribution is -0.136. The fraction of sp³-hybridized carbons (Fsp3) is 0.529. The summed E-state index contributed by atoms with van der Waals surface area (Å²) in [5, 5.41) is 3.49. The molecule has 2 bridgehead atoms. The van der Waals surface area contributed by atoms with E-state index in [0.29, 0.717) is 29.3 Å². The zero-order chi connectivity index (χ0) is 15.0. The quantitative estimate of drug-likeness (QED) is 0.898. The second-order valence-electron chi connectivity index (χ2n) is 6.37. The van der Waals surface area contributed by atoms with Gasteiger partial charge >= 0.3 is 0 Å². The Labute approximate surface area is 130 Å². The molecule has 0 radical (unpaired) electrons. The number of aryl methyl sites for hydroxylation is 1. The molecule has 3 nitrogen and oxygen atoms in total. The number of rotatable bonds is 2. The van der Waals surface area contributed by atoms with Gasteiger partial charge in [0.1, 0.15) is 5.78 Å². The van der Waals surface area contributed by atoms with Crippen molar-refractivity contribution in [3.8, 4) is 0 Å². The van der Waals surface area contributed by atoms with Gasteiger partial charge in [0.15, 0.2) is 0 Å². The SMILES string of the molecule is Cc1ccc(NC(=O)C2C[C@@H]3CCC[C@@H](C2)C3=O)c(Cl)c1. The number of fused-ring (bicyclic) bond motifs is 2. The van der Waals surface area contributed by atoms with Gasteiger partial charge in [0, 0.05) is 17.8 Å². The minimum atomic E-state index is -0.0598. The Bertz CT molecular complexity index is 568. The highest BCUT2D eigenvalue weighted by Gasteiger charge is 2.41. The summed E-state index contributed by atoms with van der Waals surface area (Å²) in [6.07, 6.45) is 4.42. The van der Waals surface area contributed by atoms with Crippen LogP contribution in [0.3, 0.4) is 0 Å². The van der Waals surface area contributed by atoms with Crippen molar-refractivity contribution in [2.75, 3.05) is 5.32 Å². The fourth-order valence-electron chi connectivity index (χ4n) is 3.65. The standard InChI is InChI=1S/C17H20ClNO2/c1-10-5-6-15(14(18)7-10)19-17(21)13-8-11-3-2-4-12(9-13)16(11)20/h5-7,11-13H,2-4,8-9H2,1H3,(H,19,21)/t11-,12-/m0/s1. The Morgan fingerprint density at radius 1 is 1.24 bits per heavy atom. The molecular formula is C17H20ClNO2. The average Bonchev–Trinajstić information content (AvgIpc) is 2.41. The minimum absolute atomic E-state index is 0.00477. The van der Waals surface area contributed by atoms with Gasteiger partial charge in [-0.3, -0.25) is 9.59 Å². The first-order valence-corrected chi connectivity index (χ1v) is 8.03. The van der Waals surface area contributed by atoms with E-state index in [1.807, 2.05) is 25.1 Å². The van der Waals surface area contributed by atoms with Crippen molar-refractivity contribution in [2.24, 2.45) is 17.8 Å². The normalized spacial score (nSPS) is 28.3. The second-order valence-corrected chi connectivity index (χ2v) is 6.78. The Balaban J connectivity index is 1.70. The molecule has 3 rings (SSSR count). The molecule has 0 spiro atoms. The van der Waals surface area contributed by atoms with Gasteiger partial charge in [-0.05, 0) is 50.3 Å². The Hall–Kier alpha value is -1.35. The van der Waals surface area contributed by atoms with Gasteiger partial charge in [0.2, 0.25) is 5.91 Å². The van der Waals surface area contributed by atoms with Crippen molar-refractivity contribution in [1.82, 2.24) is 0 Å². The summed E-state index contributed by atoms with van der Waals surface area (Å²) in [5.74, 6) is 0.530. The molecule has 1 aromatic rings. The molecule has 1 N–H and O–H groups in total. The molecule has 112 valence electrons. The summed E-state index contributed by atoms with van der Waals surface area (Å²) < 4.78 is 0. The third kappa shape index (κ3) is 2.98. The number of halogens is 1.